The number of nitrogens with zero attached hydrogens (tertiary/aromatic N) is 3. The Morgan fingerprint density at radius 1 is 0.889 bits per heavy atom. The van der Waals surface area contributed by atoms with Crippen molar-refractivity contribution < 1.29 is 19.1 Å². The molecule has 3 amide bonds. The number of hydrogen-bond acceptors (Lipinski definition) is 6. The lowest BCUT2D eigenvalue weighted by Gasteiger charge is -2.37. The monoisotopic (exact) mass is 533 g/mol. The first-order valence-electron chi connectivity index (χ1n) is 11.9. The van der Waals surface area contributed by atoms with Crippen LogP contribution in [0.2, 0.25) is 10.0 Å². The molecule has 2 aromatic rings. The SMILES string of the molecule is COC(=O)Nc1cc(C(=O)N2CCCNCC2)ccc1N1CCN(C(=O)c2ccc(Cl)cc2Cl)CC1. The lowest BCUT2D eigenvalue weighted by molar-refractivity contribution is 0.0744. The van der Waals surface area contributed by atoms with Gasteiger partial charge in [-0.05, 0) is 49.4 Å². The second kappa shape index (κ2) is 11.8. The molecule has 0 bridgehead atoms. The summed E-state index contributed by atoms with van der Waals surface area (Å²) in [5.74, 6) is -0.231. The molecule has 36 heavy (non-hydrogen) atoms. The predicted molar refractivity (Wildman–Crippen MR) is 140 cm³/mol. The zero-order valence-corrected chi connectivity index (χ0v) is 21.6. The lowest BCUT2D eigenvalue weighted by atomic mass is 10.1. The molecule has 2 aromatic carbocycles. The number of methoxy groups -OCH3 is 1. The van der Waals surface area contributed by atoms with Crippen LogP contribution in [-0.4, -0.2) is 87.2 Å². The standard InChI is InChI=1S/C25H29Cl2N5O4/c1-36-25(35)29-21-15-17(23(33)31-9-2-7-28-8-10-31)3-6-22(21)30-11-13-32(14-12-30)24(34)19-5-4-18(26)16-20(19)27/h3-6,15-16,28H,2,7-14H2,1H3,(H,29,35). The summed E-state index contributed by atoms with van der Waals surface area (Å²) in [7, 11) is 1.29. The fourth-order valence-corrected chi connectivity index (χ4v) is 4.91. The van der Waals surface area contributed by atoms with Crippen LogP contribution >= 0.6 is 23.2 Å². The first kappa shape index (κ1) is 26.1. The molecular weight excluding hydrogens is 505 g/mol. The summed E-state index contributed by atoms with van der Waals surface area (Å²) >= 11 is 12.2. The fourth-order valence-electron chi connectivity index (χ4n) is 4.42. The van der Waals surface area contributed by atoms with E-state index in [-0.39, 0.29) is 11.8 Å². The zero-order valence-electron chi connectivity index (χ0n) is 20.1. The average molecular weight is 534 g/mol. The third-order valence-corrected chi connectivity index (χ3v) is 6.91. The van der Waals surface area contributed by atoms with E-state index in [1.54, 1.807) is 35.2 Å². The molecule has 2 aliphatic heterocycles. The maximum Gasteiger partial charge on any atom is 0.411 e. The quantitative estimate of drug-likeness (QED) is 0.623. The molecule has 0 unspecified atom stereocenters. The third kappa shape index (κ3) is 6.03. The Morgan fingerprint density at radius 2 is 1.64 bits per heavy atom. The smallest absolute Gasteiger partial charge is 0.411 e. The van der Waals surface area contributed by atoms with Gasteiger partial charge in [-0.2, -0.15) is 0 Å². The van der Waals surface area contributed by atoms with Crippen LogP contribution < -0.4 is 15.5 Å². The van der Waals surface area contributed by atoms with Gasteiger partial charge >= 0.3 is 6.09 Å². The minimum Gasteiger partial charge on any atom is -0.453 e. The minimum atomic E-state index is -0.619. The highest BCUT2D eigenvalue weighted by Crippen LogP contribution is 2.30. The van der Waals surface area contributed by atoms with Crippen LogP contribution in [0.1, 0.15) is 27.1 Å². The maximum absolute atomic E-state index is 13.1. The molecular formula is C25H29Cl2N5O4. The molecule has 2 heterocycles. The molecule has 11 heteroatoms. The molecule has 0 spiro atoms. The van der Waals surface area contributed by atoms with Gasteiger partial charge in [0.2, 0.25) is 0 Å². The van der Waals surface area contributed by atoms with E-state index in [1.165, 1.54) is 7.11 Å². The topological polar surface area (TPSA) is 94.2 Å². The van der Waals surface area contributed by atoms with Crippen molar-refractivity contribution in [2.45, 2.75) is 6.42 Å². The number of nitrogens with one attached hydrogen (secondary N) is 2. The third-order valence-electron chi connectivity index (χ3n) is 6.36. The summed E-state index contributed by atoms with van der Waals surface area (Å²) < 4.78 is 4.80. The Labute approximate surface area is 220 Å². The van der Waals surface area contributed by atoms with Gasteiger partial charge in [0.15, 0.2) is 0 Å². The van der Waals surface area contributed by atoms with E-state index in [9.17, 15) is 14.4 Å². The van der Waals surface area contributed by atoms with Gasteiger partial charge in [0.25, 0.3) is 11.8 Å². The Hall–Kier alpha value is -3.01. The molecule has 0 radical (unpaired) electrons. The molecule has 0 atom stereocenters. The van der Waals surface area contributed by atoms with Crippen LogP contribution in [0.25, 0.3) is 0 Å². The first-order valence-corrected chi connectivity index (χ1v) is 12.6. The molecule has 192 valence electrons. The van der Waals surface area contributed by atoms with Crippen molar-refractivity contribution in [1.29, 1.82) is 0 Å². The van der Waals surface area contributed by atoms with E-state index in [0.717, 1.165) is 25.2 Å². The highest BCUT2D eigenvalue weighted by Gasteiger charge is 2.26. The minimum absolute atomic E-state index is 0.0755. The van der Waals surface area contributed by atoms with Crippen molar-refractivity contribution >= 4 is 52.5 Å². The molecule has 2 N–H and O–H groups in total. The molecule has 0 saturated carbocycles. The summed E-state index contributed by atoms with van der Waals surface area (Å²) in [5.41, 5.74) is 2.15. The molecule has 0 aromatic heterocycles. The number of carbonyl (C=O) groups is 3. The van der Waals surface area contributed by atoms with Gasteiger partial charge in [0.1, 0.15) is 0 Å². The number of ether oxygens (including phenoxy) is 1. The summed E-state index contributed by atoms with van der Waals surface area (Å²) in [5, 5.41) is 6.83. The number of amides is 3. The summed E-state index contributed by atoms with van der Waals surface area (Å²) in [6.07, 6.45) is 0.271. The lowest BCUT2D eigenvalue weighted by Crippen LogP contribution is -2.49. The first-order chi connectivity index (χ1) is 17.4. The van der Waals surface area contributed by atoms with Crippen molar-refractivity contribution in [2.24, 2.45) is 0 Å². The second-order valence-electron chi connectivity index (χ2n) is 8.65. The molecule has 2 aliphatic rings. The van der Waals surface area contributed by atoms with Gasteiger partial charge < -0.3 is 24.8 Å². The predicted octanol–water partition coefficient (Wildman–Crippen LogP) is 3.57. The van der Waals surface area contributed by atoms with E-state index in [1.807, 2.05) is 11.0 Å². The van der Waals surface area contributed by atoms with Crippen LogP contribution in [-0.2, 0) is 4.74 Å². The molecule has 4 rings (SSSR count). The Kier molecular flexibility index (Phi) is 8.56. The van der Waals surface area contributed by atoms with Gasteiger partial charge in [-0.25, -0.2) is 4.79 Å². The normalized spacial score (nSPS) is 16.4. The van der Waals surface area contributed by atoms with Crippen molar-refractivity contribution in [2.75, 3.05) is 69.7 Å². The molecule has 2 saturated heterocycles. The van der Waals surface area contributed by atoms with Gasteiger partial charge in [-0.15, -0.1) is 0 Å². The van der Waals surface area contributed by atoms with Gasteiger partial charge in [0.05, 0.1) is 29.1 Å². The largest absolute Gasteiger partial charge is 0.453 e. The second-order valence-corrected chi connectivity index (χ2v) is 9.49. The molecule has 0 aliphatic carbocycles. The van der Waals surface area contributed by atoms with Crippen molar-refractivity contribution in [3.05, 3.63) is 57.6 Å². The van der Waals surface area contributed by atoms with Crippen LogP contribution in [0.4, 0.5) is 16.2 Å². The van der Waals surface area contributed by atoms with Crippen molar-refractivity contribution in [3.63, 3.8) is 0 Å². The summed E-state index contributed by atoms with van der Waals surface area (Å²) in [6, 6.07) is 10.1. The Bertz CT molecular complexity index is 1130. The number of carbonyl (C=O) groups excluding carboxylic acids is 3. The average Bonchev–Trinajstić information content (AvgIpc) is 3.18. The van der Waals surface area contributed by atoms with E-state index in [0.29, 0.717) is 66.1 Å². The van der Waals surface area contributed by atoms with Crippen LogP contribution in [0, 0.1) is 0 Å². The number of anilines is 2. The van der Waals surface area contributed by atoms with Crippen LogP contribution in [0.15, 0.2) is 36.4 Å². The fraction of sp³-hybridized carbons (Fsp3) is 0.400. The number of piperazine rings is 1. The van der Waals surface area contributed by atoms with Crippen LogP contribution in [0.3, 0.4) is 0 Å². The van der Waals surface area contributed by atoms with E-state index in [2.05, 4.69) is 15.5 Å². The van der Waals surface area contributed by atoms with Crippen molar-refractivity contribution in [1.82, 2.24) is 15.1 Å². The number of halogens is 2. The Morgan fingerprint density at radius 3 is 2.36 bits per heavy atom. The molecule has 2 fully saturated rings. The van der Waals surface area contributed by atoms with Gasteiger partial charge in [0, 0.05) is 56.4 Å². The van der Waals surface area contributed by atoms with Crippen LogP contribution in [0.5, 0.6) is 0 Å². The highest BCUT2D eigenvalue weighted by atomic mass is 35.5. The number of benzene rings is 2. The Balaban J connectivity index is 1.50. The zero-order chi connectivity index (χ0) is 25.7. The highest BCUT2D eigenvalue weighted by molar-refractivity contribution is 6.36. The number of rotatable bonds is 4. The summed E-state index contributed by atoms with van der Waals surface area (Å²) in [4.78, 5) is 43.8. The maximum atomic E-state index is 13.1. The number of hydrogen-bond donors (Lipinski definition) is 2. The van der Waals surface area contributed by atoms with E-state index in [4.69, 9.17) is 27.9 Å². The van der Waals surface area contributed by atoms with E-state index >= 15 is 0 Å². The van der Waals surface area contributed by atoms with Gasteiger partial charge in [-0.1, -0.05) is 23.2 Å². The van der Waals surface area contributed by atoms with E-state index < -0.39 is 6.09 Å². The summed E-state index contributed by atoms with van der Waals surface area (Å²) in [6.45, 7) is 4.97. The van der Waals surface area contributed by atoms with Gasteiger partial charge in [-0.3, -0.25) is 14.9 Å². The molecule has 9 nitrogen and oxygen atoms in total. The van der Waals surface area contributed by atoms with Crippen molar-refractivity contribution in [3.8, 4) is 0 Å².